The molecule has 0 aliphatic heterocycles. The van der Waals surface area contributed by atoms with E-state index in [1.807, 2.05) is 60.9 Å². The van der Waals surface area contributed by atoms with Crippen molar-refractivity contribution in [2.45, 2.75) is 20.3 Å². The van der Waals surface area contributed by atoms with E-state index in [1.54, 1.807) is 12.1 Å². The molecule has 0 saturated heterocycles. The summed E-state index contributed by atoms with van der Waals surface area (Å²) >= 11 is 0. The molecule has 0 atom stereocenters. The van der Waals surface area contributed by atoms with Crippen molar-refractivity contribution in [2.24, 2.45) is 0 Å². The highest BCUT2D eigenvalue weighted by molar-refractivity contribution is 7.85. The smallest absolute Gasteiger partial charge is 0.335 e. The summed E-state index contributed by atoms with van der Waals surface area (Å²) in [4.78, 5) is 11.2. The summed E-state index contributed by atoms with van der Waals surface area (Å²) in [5.74, 6) is -1.34. The van der Waals surface area contributed by atoms with Crippen molar-refractivity contribution in [1.82, 2.24) is 0 Å². The van der Waals surface area contributed by atoms with Crippen molar-refractivity contribution < 1.29 is 27.4 Å². The molecule has 0 spiro atoms. The van der Waals surface area contributed by atoms with Crippen molar-refractivity contribution >= 4 is 33.6 Å². The Hall–Kier alpha value is -2.77. The van der Waals surface area contributed by atoms with Gasteiger partial charge in [0.1, 0.15) is 6.54 Å². The molecule has 148 valence electrons. The van der Waals surface area contributed by atoms with E-state index in [9.17, 15) is 13.2 Å². The summed E-state index contributed by atoms with van der Waals surface area (Å²) < 4.78 is 33.1. The monoisotopic (exact) mass is 402 g/mol. The van der Waals surface area contributed by atoms with Crippen LogP contribution in [0.4, 0.5) is 5.69 Å². The first-order valence-electron chi connectivity index (χ1n) is 8.81. The zero-order chi connectivity index (χ0) is 20.7. The minimum Gasteiger partial charge on any atom is -0.478 e. The number of carbonyl (C=O) groups is 1. The molecular formula is C21H24NO5S+. The van der Waals surface area contributed by atoms with Crippen molar-refractivity contribution in [1.29, 1.82) is 0 Å². The number of rotatable bonds is 8. The normalized spacial score (nSPS) is 12.8. The lowest BCUT2D eigenvalue weighted by atomic mass is 10.1. The minimum atomic E-state index is -4.04. The summed E-state index contributed by atoms with van der Waals surface area (Å²) in [6, 6.07) is 14.6. The van der Waals surface area contributed by atoms with Gasteiger partial charge >= 0.3 is 5.97 Å². The van der Waals surface area contributed by atoms with Crippen LogP contribution in [0.15, 0.2) is 54.6 Å². The number of carboxylic acids is 1. The van der Waals surface area contributed by atoms with E-state index in [0.29, 0.717) is 6.54 Å². The van der Waals surface area contributed by atoms with Gasteiger partial charge in [-0.3, -0.25) is 4.55 Å². The fourth-order valence-corrected chi connectivity index (χ4v) is 3.35. The van der Waals surface area contributed by atoms with Crippen molar-refractivity contribution in [3.05, 3.63) is 71.3 Å². The average molecular weight is 402 g/mol. The Balaban J connectivity index is 2.41. The molecule has 2 N–H and O–H groups in total. The number of benzene rings is 2. The van der Waals surface area contributed by atoms with Crippen molar-refractivity contribution in [2.75, 3.05) is 12.3 Å². The zero-order valence-electron chi connectivity index (χ0n) is 15.9. The van der Waals surface area contributed by atoms with Crippen molar-refractivity contribution in [3.63, 3.8) is 0 Å². The summed E-state index contributed by atoms with van der Waals surface area (Å²) in [6.45, 7) is 4.07. The van der Waals surface area contributed by atoms with Crippen LogP contribution in [0.2, 0.25) is 0 Å². The van der Waals surface area contributed by atoms with Crippen LogP contribution in [0.25, 0.3) is 6.08 Å². The molecule has 2 aromatic rings. The Morgan fingerprint density at radius 1 is 1.14 bits per heavy atom. The van der Waals surface area contributed by atoms with Crippen LogP contribution in [-0.4, -0.2) is 46.6 Å². The maximum Gasteiger partial charge on any atom is 0.335 e. The van der Waals surface area contributed by atoms with Gasteiger partial charge in [0.25, 0.3) is 10.1 Å². The van der Waals surface area contributed by atoms with Gasteiger partial charge in [0, 0.05) is 31.1 Å². The Kier molecular flexibility index (Phi) is 7.25. The van der Waals surface area contributed by atoms with E-state index in [2.05, 4.69) is 0 Å². The van der Waals surface area contributed by atoms with Gasteiger partial charge in [-0.25, -0.2) is 4.79 Å². The lowest BCUT2D eigenvalue weighted by Crippen LogP contribution is -2.18. The first-order valence-corrected chi connectivity index (χ1v) is 10.4. The summed E-state index contributed by atoms with van der Waals surface area (Å²) in [5, 5.41) is 9.16. The molecule has 2 rings (SSSR count). The number of nitrogens with zero attached hydrogens (tertiary/aromatic N) is 1. The van der Waals surface area contributed by atoms with Crippen LogP contribution in [-0.2, 0) is 10.1 Å². The fourth-order valence-electron chi connectivity index (χ4n) is 2.85. The predicted octanol–water partition coefficient (Wildman–Crippen LogP) is 3.79. The molecule has 0 unspecified atom stereocenters. The highest BCUT2D eigenvalue weighted by Crippen LogP contribution is 2.21. The fraction of sp³-hybridized carbons (Fsp3) is 0.238. The molecule has 0 fully saturated rings. The number of aromatic carboxylic acids is 1. The van der Waals surface area contributed by atoms with Gasteiger partial charge in [0.15, 0.2) is 5.71 Å². The van der Waals surface area contributed by atoms with Gasteiger partial charge in [-0.2, -0.15) is 13.0 Å². The molecule has 6 nitrogen and oxygen atoms in total. The summed E-state index contributed by atoms with van der Waals surface area (Å²) in [5.41, 5.74) is 3.63. The van der Waals surface area contributed by atoms with Crippen molar-refractivity contribution in [3.8, 4) is 0 Å². The van der Waals surface area contributed by atoms with Crippen LogP contribution in [0.3, 0.4) is 0 Å². The molecule has 0 aliphatic carbocycles. The third kappa shape index (κ3) is 6.44. The molecule has 0 saturated carbocycles. The lowest BCUT2D eigenvalue weighted by molar-refractivity contribution is -0.440. The zero-order valence-corrected chi connectivity index (χ0v) is 16.7. The van der Waals surface area contributed by atoms with E-state index >= 15 is 0 Å². The number of carboxylic acid groups (broad SMARTS) is 1. The van der Waals surface area contributed by atoms with Gasteiger partial charge in [0.05, 0.1) is 11.3 Å². The van der Waals surface area contributed by atoms with Crippen LogP contribution in [0, 0.1) is 6.92 Å². The minimum absolute atomic E-state index is 0.191. The topological polar surface area (TPSA) is 94.7 Å². The van der Waals surface area contributed by atoms with E-state index in [4.69, 9.17) is 9.66 Å². The molecule has 0 radical (unpaired) electrons. The Bertz CT molecular complexity index is 1010. The van der Waals surface area contributed by atoms with Gasteiger partial charge in [-0.15, -0.1) is 0 Å². The van der Waals surface area contributed by atoms with Crippen LogP contribution < -0.4 is 0 Å². The molecule has 0 bridgehead atoms. The van der Waals surface area contributed by atoms with Gasteiger partial charge in [-0.1, -0.05) is 30.3 Å². The lowest BCUT2D eigenvalue weighted by Gasteiger charge is -2.09. The maximum atomic E-state index is 11.2. The summed E-state index contributed by atoms with van der Waals surface area (Å²) in [7, 11) is -4.04. The van der Waals surface area contributed by atoms with Crippen LogP contribution in [0.1, 0.15) is 34.8 Å². The second-order valence-corrected chi connectivity index (χ2v) is 8.06. The maximum absolute atomic E-state index is 11.2. The van der Waals surface area contributed by atoms with Crippen LogP contribution in [0.5, 0.6) is 0 Å². The largest absolute Gasteiger partial charge is 0.478 e. The molecule has 0 heterocycles. The van der Waals surface area contributed by atoms with E-state index < -0.39 is 16.1 Å². The molecule has 0 aromatic heterocycles. The first kappa shape index (κ1) is 21.5. The molecular weight excluding hydrogens is 378 g/mol. The average Bonchev–Trinajstić information content (AvgIpc) is 2.63. The number of aryl methyl sites for hydroxylation is 1. The van der Waals surface area contributed by atoms with E-state index in [0.717, 1.165) is 22.5 Å². The number of hydrogen-bond donors (Lipinski definition) is 2. The Morgan fingerprint density at radius 2 is 1.82 bits per heavy atom. The third-order valence-electron chi connectivity index (χ3n) is 4.26. The molecule has 0 aliphatic rings. The molecule has 28 heavy (non-hydrogen) atoms. The highest BCUT2D eigenvalue weighted by atomic mass is 32.2. The third-order valence-corrected chi connectivity index (χ3v) is 5.07. The number of hydrogen-bond acceptors (Lipinski definition) is 3. The number of allylic oxidation sites excluding steroid dienone is 1. The van der Waals surface area contributed by atoms with Crippen LogP contribution >= 0.6 is 0 Å². The van der Waals surface area contributed by atoms with E-state index in [-0.39, 0.29) is 17.7 Å². The van der Waals surface area contributed by atoms with Gasteiger partial charge in [0.2, 0.25) is 5.69 Å². The Morgan fingerprint density at radius 3 is 2.39 bits per heavy atom. The quantitative estimate of drug-likeness (QED) is 0.398. The second kappa shape index (κ2) is 9.43. The van der Waals surface area contributed by atoms with Gasteiger partial charge < -0.3 is 5.11 Å². The van der Waals surface area contributed by atoms with E-state index in [1.165, 1.54) is 6.07 Å². The summed E-state index contributed by atoms with van der Waals surface area (Å²) in [6.07, 6.45) is 4.11. The molecule has 7 heteroatoms. The standard InChI is InChI=1S/C21H23NO5S/c1-16-15-19(21(23)24)11-12-20(16)22(13-6-14-28(25,26)27)17(2)9-10-18-7-4-3-5-8-18/h3-5,7-12,15H,6,13-14H2,1-2H3,(H-,23,24,25,26,27)/p+1/b10-9+,22-17+. The highest BCUT2D eigenvalue weighted by Gasteiger charge is 2.18. The SMILES string of the molecule is CC(/C=C/c1ccccc1)=[N+](/CCCS(=O)(=O)O)c1ccc(C(=O)O)cc1C. The predicted molar refractivity (Wildman–Crippen MR) is 110 cm³/mol. The Labute approximate surface area is 165 Å². The molecule has 2 aromatic carbocycles. The van der Waals surface area contributed by atoms with Gasteiger partial charge in [-0.05, 0) is 30.7 Å². The first-order chi connectivity index (χ1) is 13.2. The molecule has 0 amide bonds. The second-order valence-electron chi connectivity index (χ2n) is 6.48.